The lowest BCUT2D eigenvalue weighted by molar-refractivity contribution is -0.119. The second-order valence-electron chi connectivity index (χ2n) is 12.8. The predicted octanol–water partition coefficient (Wildman–Crippen LogP) is 4.46. The Morgan fingerprint density at radius 3 is 2.38 bits per heavy atom. The van der Waals surface area contributed by atoms with E-state index in [1.54, 1.807) is 6.92 Å². The third-order valence-corrected chi connectivity index (χ3v) is 9.51. The number of H-pyrrole nitrogens is 1. The molecule has 242 valence electrons. The molecule has 9 nitrogen and oxygen atoms in total. The van der Waals surface area contributed by atoms with Crippen molar-refractivity contribution in [3.05, 3.63) is 86.3 Å². The fraction of sp³-hybridized carbons (Fsp3) is 0.500. The van der Waals surface area contributed by atoms with E-state index in [-0.39, 0.29) is 24.1 Å². The van der Waals surface area contributed by atoms with Gasteiger partial charge in [0.2, 0.25) is 5.91 Å². The number of aliphatic hydroxyl groups is 1. The highest BCUT2D eigenvalue weighted by molar-refractivity contribution is 5.74. The standard InChI is InChI=1S/C36H49N5O4/c1-23-18-24(2)38-36(44)33(23)21-37-35(43)32-19-29(28-8-6-27(7-9-28)22-41-14-16-45-17-15-41)20-34(25(32)3)40(5)31-12-10-30(11-13-31)39-26(4)42/h6-9,18-20,30-31,35,37,43H,10-17,21-22H2,1-5H3,(H,38,44)(H,39,42). The van der Waals surface area contributed by atoms with Crippen LogP contribution in [0.4, 0.5) is 5.69 Å². The Morgan fingerprint density at radius 2 is 1.73 bits per heavy atom. The molecule has 1 amide bonds. The third-order valence-electron chi connectivity index (χ3n) is 9.51. The van der Waals surface area contributed by atoms with Gasteiger partial charge >= 0.3 is 0 Å². The highest BCUT2D eigenvalue weighted by atomic mass is 16.5. The van der Waals surface area contributed by atoms with Crippen molar-refractivity contribution in [3.63, 3.8) is 0 Å². The molecule has 2 aromatic carbocycles. The molecule has 1 saturated carbocycles. The molecule has 1 aromatic heterocycles. The molecule has 1 aliphatic heterocycles. The maximum Gasteiger partial charge on any atom is 0.252 e. The fourth-order valence-corrected chi connectivity index (χ4v) is 6.86. The predicted molar refractivity (Wildman–Crippen MR) is 179 cm³/mol. The molecule has 1 aliphatic carbocycles. The van der Waals surface area contributed by atoms with Crippen LogP contribution in [0.5, 0.6) is 0 Å². The van der Waals surface area contributed by atoms with Gasteiger partial charge in [-0.05, 0) is 92.5 Å². The maximum atomic E-state index is 12.7. The molecule has 0 radical (unpaired) electrons. The number of ether oxygens (including phenoxy) is 1. The van der Waals surface area contributed by atoms with Gasteiger partial charge in [-0.25, -0.2) is 0 Å². The normalized spacial score (nSPS) is 19.7. The van der Waals surface area contributed by atoms with E-state index in [2.05, 4.69) is 75.8 Å². The zero-order chi connectivity index (χ0) is 32.1. The van der Waals surface area contributed by atoms with Crippen LogP contribution in [0.1, 0.15) is 72.3 Å². The van der Waals surface area contributed by atoms with Gasteiger partial charge in [0, 0.05) is 74.7 Å². The van der Waals surface area contributed by atoms with Gasteiger partial charge in [0.25, 0.3) is 5.56 Å². The molecule has 2 heterocycles. The van der Waals surface area contributed by atoms with Gasteiger partial charge in [-0.3, -0.25) is 19.8 Å². The largest absolute Gasteiger partial charge is 0.379 e. The van der Waals surface area contributed by atoms with Gasteiger partial charge in [0.15, 0.2) is 0 Å². The number of benzene rings is 2. The number of nitrogens with zero attached hydrogens (tertiary/aromatic N) is 2. The molecule has 2 aliphatic rings. The van der Waals surface area contributed by atoms with Crippen LogP contribution in [0.2, 0.25) is 0 Å². The number of nitrogens with one attached hydrogen (secondary N) is 3. The van der Waals surface area contributed by atoms with Crippen LogP contribution in [0.3, 0.4) is 0 Å². The van der Waals surface area contributed by atoms with Crippen molar-refractivity contribution < 1.29 is 14.6 Å². The molecule has 1 saturated heterocycles. The summed E-state index contributed by atoms with van der Waals surface area (Å²) in [6.07, 6.45) is 2.88. The van der Waals surface area contributed by atoms with E-state index in [1.807, 2.05) is 19.9 Å². The number of aliphatic hydroxyl groups excluding tert-OH is 1. The minimum Gasteiger partial charge on any atom is -0.379 e. The van der Waals surface area contributed by atoms with Crippen LogP contribution in [0.15, 0.2) is 47.3 Å². The number of pyridine rings is 1. The first-order valence-corrected chi connectivity index (χ1v) is 16.2. The molecule has 1 unspecified atom stereocenters. The molecule has 5 rings (SSSR count). The van der Waals surface area contributed by atoms with Crippen molar-refractivity contribution in [1.29, 1.82) is 0 Å². The first-order valence-electron chi connectivity index (χ1n) is 16.2. The monoisotopic (exact) mass is 615 g/mol. The molecule has 0 bridgehead atoms. The van der Waals surface area contributed by atoms with Gasteiger partial charge in [-0.1, -0.05) is 24.3 Å². The Morgan fingerprint density at radius 1 is 1.04 bits per heavy atom. The number of amides is 1. The summed E-state index contributed by atoms with van der Waals surface area (Å²) in [5.41, 5.74) is 8.46. The summed E-state index contributed by atoms with van der Waals surface area (Å²) in [7, 11) is 2.14. The lowest BCUT2D eigenvalue weighted by Crippen LogP contribution is -2.42. The van der Waals surface area contributed by atoms with E-state index < -0.39 is 6.23 Å². The number of aromatic amines is 1. The summed E-state index contributed by atoms with van der Waals surface area (Å²) >= 11 is 0. The first-order chi connectivity index (χ1) is 21.6. The first kappa shape index (κ1) is 32.9. The van der Waals surface area contributed by atoms with Crippen LogP contribution >= 0.6 is 0 Å². The molecular weight excluding hydrogens is 566 g/mol. The van der Waals surface area contributed by atoms with Crippen LogP contribution in [-0.2, 0) is 22.6 Å². The molecule has 1 atom stereocenters. The Hall–Kier alpha value is -3.50. The van der Waals surface area contributed by atoms with Crippen molar-refractivity contribution in [2.75, 3.05) is 38.3 Å². The van der Waals surface area contributed by atoms with Crippen molar-refractivity contribution in [3.8, 4) is 11.1 Å². The second kappa shape index (κ2) is 14.7. The van der Waals surface area contributed by atoms with Gasteiger partial charge < -0.3 is 25.0 Å². The van der Waals surface area contributed by atoms with E-state index in [4.69, 9.17) is 4.74 Å². The van der Waals surface area contributed by atoms with Gasteiger partial charge in [-0.15, -0.1) is 0 Å². The summed E-state index contributed by atoms with van der Waals surface area (Å²) in [6.45, 7) is 12.1. The summed E-state index contributed by atoms with van der Waals surface area (Å²) in [5.74, 6) is 0.0280. The molecule has 3 aromatic rings. The minimum absolute atomic E-state index is 0.0280. The lowest BCUT2D eigenvalue weighted by atomic mass is 9.89. The van der Waals surface area contributed by atoms with E-state index in [9.17, 15) is 14.7 Å². The Kier molecular flexibility index (Phi) is 10.8. The number of carbonyl (C=O) groups excluding carboxylic acids is 1. The number of hydrogen-bond acceptors (Lipinski definition) is 7. The van der Waals surface area contributed by atoms with Crippen molar-refractivity contribution in [2.24, 2.45) is 0 Å². The van der Waals surface area contributed by atoms with Crippen molar-refractivity contribution >= 4 is 11.6 Å². The Labute approximate surface area is 267 Å². The Balaban J connectivity index is 1.42. The number of morpholine rings is 1. The minimum atomic E-state index is -0.965. The highest BCUT2D eigenvalue weighted by Crippen LogP contribution is 2.36. The van der Waals surface area contributed by atoms with Gasteiger partial charge in [0.05, 0.1) is 13.2 Å². The molecule has 45 heavy (non-hydrogen) atoms. The van der Waals surface area contributed by atoms with Crippen LogP contribution < -0.4 is 21.1 Å². The van der Waals surface area contributed by atoms with Crippen LogP contribution in [0.25, 0.3) is 11.1 Å². The SMILES string of the molecule is CC(=O)NC1CCC(N(C)c2cc(-c3ccc(CN4CCOCC4)cc3)cc(C(O)NCc3c(C)cc(C)[nH]c3=O)c2C)CC1. The van der Waals surface area contributed by atoms with E-state index in [1.165, 1.54) is 5.56 Å². The van der Waals surface area contributed by atoms with Crippen LogP contribution in [-0.4, -0.2) is 66.3 Å². The van der Waals surface area contributed by atoms with E-state index in [0.717, 1.165) is 97.7 Å². The molecule has 4 N–H and O–H groups in total. The molecular formula is C36H49N5O4. The van der Waals surface area contributed by atoms with E-state index >= 15 is 0 Å². The third kappa shape index (κ3) is 8.21. The highest BCUT2D eigenvalue weighted by Gasteiger charge is 2.27. The number of hydrogen-bond donors (Lipinski definition) is 4. The zero-order valence-electron chi connectivity index (χ0n) is 27.4. The van der Waals surface area contributed by atoms with Crippen molar-refractivity contribution in [1.82, 2.24) is 20.5 Å². The number of anilines is 1. The van der Waals surface area contributed by atoms with Gasteiger partial charge in [0.1, 0.15) is 6.23 Å². The Bertz CT molecular complexity index is 1520. The summed E-state index contributed by atoms with van der Waals surface area (Å²) < 4.78 is 5.50. The molecule has 2 fully saturated rings. The van der Waals surface area contributed by atoms with Crippen LogP contribution in [0, 0.1) is 20.8 Å². The van der Waals surface area contributed by atoms with Gasteiger partial charge in [-0.2, -0.15) is 0 Å². The zero-order valence-corrected chi connectivity index (χ0v) is 27.4. The topological polar surface area (TPSA) is 110 Å². The average Bonchev–Trinajstić information content (AvgIpc) is 3.01. The molecule has 9 heteroatoms. The quantitative estimate of drug-likeness (QED) is 0.249. The summed E-state index contributed by atoms with van der Waals surface area (Å²) in [4.78, 5) is 31.9. The lowest BCUT2D eigenvalue weighted by Gasteiger charge is -2.37. The van der Waals surface area contributed by atoms with E-state index in [0.29, 0.717) is 11.6 Å². The average molecular weight is 616 g/mol. The number of aryl methyl sites for hydroxylation is 2. The number of carbonyl (C=O) groups is 1. The summed E-state index contributed by atoms with van der Waals surface area (Å²) in [5, 5.41) is 17.8. The molecule has 0 spiro atoms. The number of aromatic nitrogens is 1. The maximum absolute atomic E-state index is 12.7. The second-order valence-corrected chi connectivity index (χ2v) is 12.8. The fourth-order valence-electron chi connectivity index (χ4n) is 6.86. The summed E-state index contributed by atoms with van der Waals surface area (Å²) in [6, 6.07) is 15.5. The van der Waals surface area contributed by atoms with Crippen molar-refractivity contribution in [2.45, 2.75) is 84.8 Å². The number of rotatable bonds is 10. The smallest absolute Gasteiger partial charge is 0.252 e.